The summed E-state index contributed by atoms with van der Waals surface area (Å²) >= 11 is 7.67. The summed E-state index contributed by atoms with van der Waals surface area (Å²) in [4.78, 5) is 13.2. The second kappa shape index (κ2) is 7.47. The molecule has 0 aliphatic heterocycles. The Morgan fingerprint density at radius 3 is 2.77 bits per heavy atom. The number of benzene rings is 1. The SMILES string of the molecule is CC(C)=CCOc1cc(NC(=O)c2ccsc2C)ccc1Cl. The van der Waals surface area contributed by atoms with Crippen LogP contribution in [0.4, 0.5) is 5.69 Å². The summed E-state index contributed by atoms with van der Waals surface area (Å²) < 4.78 is 5.63. The molecule has 0 aliphatic carbocycles. The van der Waals surface area contributed by atoms with E-state index in [4.69, 9.17) is 16.3 Å². The largest absolute Gasteiger partial charge is 0.488 e. The predicted octanol–water partition coefficient (Wildman–Crippen LogP) is 5.31. The molecule has 2 aromatic rings. The zero-order valence-corrected chi connectivity index (χ0v) is 14.3. The van der Waals surface area contributed by atoms with Crippen molar-refractivity contribution in [1.82, 2.24) is 0 Å². The van der Waals surface area contributed by atoms with Gasteiger partial charge in [-0.25, -0.2) is 0 Å². The molecule has 1 aromatic carbocycles. The van der Waals surface area contributed by atoms with Gasteiger partial charge < -0.3 is 10.1 Å². The highest BCUT2D eigenvalue weighted by Crippen LogP contribution is 2.28. The third-order valence-corrected chi connectivity index (χ3v) is 4.18. The Labute approximate surface area is 139 Å². The number of carbonyl (C=O) groups is 1. The molecule has 1 heterocycles. The van der Waals surface area contributed by atoms with Gasteiger partial charge in [-0.15, -0.1) is 11.3 Å². The quantitative estimate of drug-likeness (QED) is 0.752. The number of hydrogen-bond donors (Lipinski definition) is 1. The zero-order valence-electron chi connectivity index (χ0n) is 12.8. The van der Waals surface area contributed by atoms with E-state index >= 15 is 0 Å². The van der Waals surface area contributed by atoms with E-state index < -0.39 is 0 Å². The number of amides is 1. The number of carbonyl (C=O) groups excluding carboxylic acids is 1. The lowest BCUT2D eigenvalue weighted by Crippen LogP contribution is -2.12. The Morgan fingerprint density at radius 2 is 2.14 bits per heavy atom. The average Bonchev–Trinajstić information content (AvgIpc) is 2.88. The van der Waals surface area contributed by atoms with Gasteiger partial charge in [-0.05, 0) is 50.4 Å². The van der Waals surface area contributed by atoms with Gasteiger partial charge in [0.25, 0.3) is 5.91 Å². The van der Waals surface area contributed by atoms with Crippen molar-refractivity contribution < 1.29 is 9.53 Å². The molecule has 116 valence electrons. The molecule has 1 N–H and O–H groups in total. The van der Waals surface area contributed by atoms with E-state index in [9.17, 15) is 4.79 Å². The van der Waals surface area contributed by atoms with Crippen LogP contribution in [0, 0.1) is 6.92 Å². The normalized spacial score (nSPS) is 10.2. The third-order valence-electron chi connectivity index (χ3n) is 3.02. The van der Waals surface area contributed by atoms with Crippen molar-refractivity contribution in [1.29, 1.82) is 0 Å². The highest BCUT2D eigenvalue weighted by Gasteiger charge is 2.11. The van der Waals surface area contributed by atoms with Gasteiger partial charge in [0.05, 0.1) is 10.6 Å². The summed E-state index contributed by atoms with van der Waals surface area (Å²) in [5.41, 5.74) is 2.52. The molecule has 0 saturated heterocycles. The van der Waals surface area contributed by atoms with Crippen molar-refractivity contribution in [2.45, 2.75) is 20.8 Å². The first-order valence-electron chi connectivity index (χ1n) is 6.88. The number of halogens is 1. The maximum Gasteiger partial charge on any atom is 0.256 e. The number of allylic oxidation sites excluding steroid dienone is 1. The highest BCUT2D eigenvalue weighted by molar-refractivity contribution is 7.10. The van der Waals surface area contributed by atoms with Crippen LogP contribution in [0.25, 0.3) is 0 Å². The van der Waals surface area contributed by atoms with Crippen LogP contribution >= 0.6 is 22.9 Å². The zero-order chi connectivity index (χ0) is 16.1. The van der Waals surface area contributed by atoms with Crippen molar-refractivity contribution in [3.8, 4) is 5.75 Å². The van der Waals surface area contributed by atoms with E-state index in [1.165, 1.54) is 5.57 Å². The minimum atomic E-state index is -0.128. The first-order chi connectivity index (χ1) is 10.5. The summed E-state index contributed by atoms with van der Waals surface area (Å²) in [5.74, 6) is 0.426. The Hall–Kier alpha value is -1.78. The Balaban J connectivity index is 2.10. The molecule has 5 heteroatoms. The Bertz CT molecular complexity index is 702. The molecule has 1 amide bonds. The molecule has 1 aromatic heterocycles. The Kier molecular flexibility index (Phi) is 5.63. The van der Waals surface area contributed by atoms with Crippen LogP contribution in [0.15, 0.2) is 41.3 Å². The van der Waals surface area contributed by atoms with Crippen molar-refractivity contribution in [3.05, 3.63) is 56.8 Å². The van der Waals surface area contributed by atoms with Gasteiger partial charge in [0.15, 0.2) is 0 Å². The second-order valence-corrected chi connectivity index (χ2v) is 6.61. The van der Waals surface area contributed by atoms with E-state index in [1.807, 2.05) is 38.3 Å². The lowest BCUT2D eigenvalue weighted by Gasteiger charge is -2.10. The van der Waals surface area contributed by atoms with E-state index in [-0.39, 0.29) is 5.91 Å². The first kappa shape index (κ1) is 16.6. The third kappa shape index (κ3) is 4.36. The maximum absolute atomic E-state index is 12.2. The summed E-state index contributed by atoms with van der Waals surface area (Å²) in [6.45, 7) is 6.38. The number of ether oxygens (including phenoxy) is 1. The molecule has 0 saturated carbocycles. The average molecular weight is 336 g/mol. The minimum Gasteiger partial charge on any atom is -0.488 e. The monoisotopic (exact) mass is 335 g/mol. The lowest BCUT2D eigenvalue weighted by atomic mass is 10.2. The van der Waals surface area contributed by atoms with Crippen LogP contribution in [0.5, 0.6) is 5.75 Å². The smallest absolute Gasteiger partial charge is 0.256 e. The number of hydrogen-bond acceptors (Lipinski definition) is 3. The van der Waals surface area contributed by atoms with Gasteiger partial charge in [0, 0.05) is 16.6 Å². The molecule has 0 radical (unpaired) electrons. The van der Waals surface area contributed by atoms with E-state index in [2.05, 4.69) is 5.32 Å². The summed E-state index contributed by atoms with van der Waals surface area (Å²) in [6.07, 6.45) is 1.97. The van der Waals surface area contributed by atoms with E-state index in [0.717, 1.165) is 4.88 Å². The highest BCUT2D eigenvalue weighted by atomic mass is 35.5. The molecule has 2 rings (SSSR count). The number of thiophene rings is 1. The number of nitrogens with one attached hydrogen (secondary N) is 1. The number of rotatable bonds is 5. The second-order valence-electron chi connectivity index (χ2n) is 5.08. The summed E-state index contributed by atoms with van der Waals surface area (Å²) in [7, 11) is 0. The van der Waals surface area contributed by atoms with Gasteiger partial charge >= 0.3 is 0 Å². The maximum atomic E-state index is 12.2. The molecule has 0 unspecified atom stereocenters. The molecule has 0 spiro atoms. The molecular formula is C17H18ClNO2S. The fourth-order valence-electron chi connectivity index (χ4n) is 1.81. The predicted molar refractivity (Wildman–Crippen MR) is 93.4 cm³/mol. The molecule has 22 heavy (non-hydrogen) atoms. The molecule has 0 fully saturated rings. The fraction of sp³-hybridized carbons (Fsp3) is 0.235. The van der Waals surface area contributed by atoms with Crippen molar-refractivity contribution >= 4 is 34.5 Å². The van der Waals surface area contributed by atoms with Crippen LogP contribution in [0.2, 0.25) is 5.02 Å². The standard InChI is InChI=1S/C17H18ClNO2S/c1-11(2)6-8-21-16-10-13(4-5-15(16)18)19-17(20)14-7-9-22-12(14)3/h4-7,9-10H,8H2,1-3H3,(H,19,20). The first-order valence-corrected chi connectivity index (χ1v) is 8.14. The van der Waals surface area contributed by atoms with Crippen LogP contribution in [-0.4, -0.2) is 12.5 Å². The summed E-state index contributed by atoms with van der Waals surface area (Å²) in [6, 6.07) is 7.03. The number of anilines is 1. The van der Waals surface area contributed by atoms with E-state index in [0.29, 0.717) is 28.6 Å². The van der Waals surface area contributed by atoms with Crippen LogP contribution in [0.3, 0.4) is 0 Å². The molecule has 0 aliphatic rings. The van der Waals surface area contributed by atoms with Gasteiger partial charge in [-0.1, -0.05) is 17.2 Å². The molecule has 0 atom stereocenters. The fourth-order valence-corrected chi connectivity index (χ4v) is 2.68. The van der Waals surface area contributed by atoms with Crippen LogP contribution in [-0.2, 0) is 0 Å². The summed E-state index contributed by atoms with van der Waals surface area (Å²) in [5, 5.41) is 5.29. The van der Waals surface area contributed by atoms with Crippen molar-refractivity contribution in [3.63, 3.8) is 0 Å². The minimum absolute atomic E-state index is 0.128. The van der Waals surface area contributed by atoms with Crippen LogP contribution in [0.1, 0.15) is 29.1 Å². The topological polar surface area (TPSA) is 38.3 Å². The molecule has 3 nitrogen and oxygen atoms in total. The van der Waals surface area contributed by atoms with Gasteiger partial charge in [-0.2, -0.15) is 0 Å². The van der Waals surface area contributed by atoms with Gasteiger partial charge in [0.1, 0.15) is 12.4 Å². The lowest BCUT2D eigenvalue weighted by molar-refractivity contribution is 0.102. The molecule has 0 bridgehead atoms. The Morgan fingerprint density at radius 1 is 1.36 bits per heavy atom. The van der Waals surface area contributed by atoms with E-state index in [1.54, 1.807) is 29.5 Å². The van der Waals surface area contributed by atoms with Gasteiger partial charge in [-0.3, -0.25) is 4.79 Å². The van der Waals surface area contributed by atoms with Crippen molar-refractivity contribution in [2.24, 2.45) is 0 Å². The molecular weight excluding hydrogens is 318 g/mol. The number of aryl methyl sites for hydroxylation is 1. The van der Waals surface area contributed by atoms with Crippen molar-refractivity contribution in [2.75, 3.05) is 11.9 Å². The van der Waals surface area contributed by atoms with Crippen LogP contribution < -0.4 is 10.1 Å². The van der Waals surface area contributed by atoms with Gasteiger partial charge in [0.2, 0.25) is 0 Å².